The summed E-state index contributed by atoms with van der Waals surface area (Å²) in [6, 6.07) is 2.66. The molecule has 8 N–H and O–H groups in total. The number of carbonyl (C=O) groups excluding carboxylic acids is 4. The Labute approximate surface area is 224 Å². The largest absolute Gasteiger partial charge is 0.508 e. The predicted molar refractivity (Wildman–Crippen MR) is 137 cm³/mol. The van der Waals surface area contributed by atoms with E-state index in [-0.39, 0.29) is 17.9 Å². The number of ketones is 2. The minimum absolute atomic E-state index is 0.0279. The molecule has 12 nitrogen and oxygen atoms in total. The van der Waals surface area contributed by atoms with E-state index in [1.54, 1.807) is 19.9 Å². The van der Waals surface area contributed by atoms with Crippen LogP contribution in [0.3, 0.4) is 0 Å². The maximum Gasteiger partial charge on any atom is 0.319 e. The Bertz CT molecular complexity index is 1270. The van der Waals surface area contributed by atoms with Gasteiger partial charge in [-0.15, -0.1) is 0 Å². The fourth-order valence-corrected chi connectivity index (χ4v) is 5.68. The Morgan fingerprint density at radius 3 is 2.31 bits per heavy atom. The summed E-state index contributed by atoms with van der Waals surface area (Å²) in [6.07, 6.45) is -0.504. The summed E-state index contributed by atoms with van der Waals surface area (Å²) >= 11 is 0. The van der Waals surface area contributed by atoms with Crippen LogP contribution >= 0.6 is 0 Å². The van der Waals surface area contributed by atoms with Crippen LogP contribution in [-0.4, -0.2) is 79.9 Å². The number of Topliss-reactive ketones (excluding diaryl/α,β-unsaturated/α-hetero) is 2. The molecule has 1 aromatic carbocycles. The molecule has 1 fully saturated rings. The number of rotatable bonds is 5. The van der Waals surface area contributed by atoms with Crippen LogP contribution in [-0.2, 0) is 23.9 Å². The van der Waals surface area contributed by atoms with Gasteiger partial charge in [0.2, 0.25) is 5.78 Å². The molecule has 1 aromatic rings. The number of aliphatic hydroxyl groups excluding tert-OH is 3. The Morgan fingerprint density at radius 1 is 1.13 bits per heavy atom. The number of phenolic OH excluding ortho intramolecular Hbond substituents is 1. The minimum atomic E-state index is -3.06. The summed E-state index contributed by atoms with van der Waals surface area (Å²) in [6.45, 7) is 6.86. The number of aliphatic hydroxyl groups is 4. The van der Waals surface area contributed by atoms with Gasteiger partial charge in [-0.2, -0.15) is 0 Å². The number of benzene rings is 1. The number of carbonyl (C=O) groups is 4. The lowest BCUT2D eigenvalue weighted by Crippen LogP contribution is -2.71. The zero-order chi connectivity index (χ0) is 29.4. The van der Waals surface area contributed by atoms with Crippen LogP contribution < -0.4 is 11.1 Å². The molecule has 0 heterocycles. The lowest BCUT2D eigenvalue weighted by Gasteiger charge is -2.52. The highest BCUT2D eigenvalue weighted by molar-refractivity contribution is 6.24. The number of ether oxygens (including phenoxy) is 1. The third-order valence-electron chi connectivity index (χ3n) is 7.24. The van der Waals surface area contributed by atoms with Gasteiger partial charge in [-0.3, -0.25) is 24.5 Å². The fourth-order valence-electron chi connectivity index (χ4n) is 5.68. The number of esters is 1. The van der Waals surface area contributed by atoms with Gasteiger partial charge in [0.05, 0.1) is 36.8 Å². The molecule has 0 saturated heterocycles. The Hall–Kier alpha value is -3.74. The van der Waals surface area contributed by atoms with Crippen LogP contribution in [0.4, 0.5) is 0 Å². The van der Waals surface area contributed by atoms with Crippen LogP contribution in [0, 0.1) is 11.8 Å². The van der Waals surface area contributed by atoms with E-state index in [1.807, 2.05) is 0 Å². The van der Waals surface area contributed by atoms with Gasteiger partial charge in [-0.05, 0) is 24.5 Å². The highest BCUT2D eigenvalue weighted by Gasteiger charge is 2.67. The first-order chi connectivity index (χ1) is 18.3. The summed E-state index contributed by atoms with van der Waals surface area (Å²) in [5, 5.41) is 57.8. The Morgan fingerprint density at radius 2 is 1.74 bits per heavy atom. The topological polar surface area (TPSA) is 217 Å². The van der Waals surface area contributed by atoms with Gasteiger partial charge in [0.1, 0.15) is 22.8 Å². The normalized spacial score (nSPS) is 29.5. The monoisotopic (exact) mass is 546 g/mol. The van der Waals surface area contributed by atoms with Crippen LogP contribution in [0.25, 0.3) is 5.76 Å². The van der Waals surface area contributed by atoms with Crippen molar-refractivity contribution < 1.29 is 49.4 Å². The zero-order valence-corrected chi connectivity index (χ0v) is 22.1. The van der Waals surface area contributed by atoms with E-state index in [1.165, 1.54) is 18.6 Å². The number of hydrogen-bond donors (Lipinski definition) is 7. The minimum Gasteiger partial charge on any atom is -0.508 e. The predicted octanol–water partition coefficient (Wildman–Crippen LogP) is 0.503. The zero-order valence-electron chi connectivity index (χ0n) is 22.1. The maximum absolute atomic E-state index is 13.8. The number of nitrogens with one attached hydrogen (secondary N) is 1. The van der Waals surface area contributed by atoms with Crippen molar-refractivity contribution in [3.8, 4) is 5.75 Å². The van der Waals surface area contributed by atoms with Crippen molar-refractivity contribution in [1.82, 2.24) is 5.32 Å². The fraction of sp³-hybridized carbons (Fsp3) is 0.481. The van der Waals surface area contributed by atoms with Gasteiger partial charge in [0.15, 0.2) is 11.4 Å². The molecule has 0 aliphatic heterocycles. The summed E-state index contributed by atoms with van der Waals surface area (Å²) in [4.78, 5) is 51.0. The van der Waals surface area contributed by atoms with E-state index in [2.05, 4.69) is 19.2 Å². The molecular formula is C27H34N2O10. The summed E-state index contributed by atoms with van der Waals surface area (Å²) in [5.74, 6) is -10.8. The molecule has 1 amide bonds. The number of nitrogens with two attached hydrogens (primary N) is 1. The number of hydrogen-bond acceptors (Lipinski definition) is 11. The molecule has 6 atom stereocenters. The van der Waals surface area contributed by atoms with Gasteiger partial charge < -0.3 is 36.0 Å². The van der Waals surface area contributed by atoms with Crippen molar-refractivity contribution in [2.45, 2.75) is 57.8 Å². The average molecular weight is 547 g/mol. The number of primary amides is 1. The molecule has 0 bridgehead atoms. The number of aromatic hydroxyl groups is 1. The number of fused-ring (bicyclic) bond motifs is 3. The smallest absolute Gasteiger partial charge is 0.319 e. The number of phenols is 1. The summed E-state index contributed by atoms with van der Waals surface area (Å²) in [5.41, 5.74) is 0.943. The quantitative estimate of drug-likeness (QED) is 0.199. The molecule has 0 radical (unpaired) electrons. The highest BCUT2D eigenvalue weighted by atomic mass is 16.5. The van der Waals surface area contributed by atoms with E-state index < -0.39 is 88.2 Å². The molecule has 4 rings (SSSR count). The maximum atomic E-state index is 13.8. The molecule has 0 aromatic heterocycles. The molecule has 3 aliphatic carbocycles. The lowest BCUT2D eigenvalue weighted by molar-refractivity contribution is -0.165. The first-order valence-electron chi connectivity index (χ1n) is 12.7. The van der Waals surface area contributed by atoms with E-state index in [0.29, 0.717) is 5.56 Å². The highest BCUT2D eigenvalue weighted by Crippen LogP contribution is 2.55. The lowest BCUT2D eigenvalue weighted by atomic mass is 9.54. The van der Waals surface area contributed by atoms with E-state index in [4.69, 9.17) is 10.5 Å². The summed E-state index contributed by atoms with van der Waals surface area (Å²) < 4.78 is 4.82. The van der Waals surface area contributed by atoms with E-state index in [9.17, 15) is 44.7 Å². The summed E-state index contributed by atoms with van der Waals surface area (Å²) in [7, 11) is 0. The average Bonchev–Trinajstić information content (AvgIpc) is 2.86. The molecule has 1 saturated carbocycles. The molecule has 0 spiro atoms. The number of amides is 1. The van der Waals surface area contributed by atoms with Gasteiger partial charge in [0.25, 0.3) is 5.91 Å². The first kappa shape index (κ1) is 29.8. The van der Waals surface area contributed by atoms with Crippen molar-refractivity contribution in [3.05, 3.63) is 46.2 Å². The van der Waals surface area contributed by atoms with Crippen molar-refractivity contribution in [1.29, 1.82) is 0 Å². The van der Waals surface area contributed by atoms with Crippen molar-refractivity contribution in [2.24, 2.45) is 17.6 Å². The van der Waals surface area contributed by atoms with Crippen LogP contribution in [0.15, 0.2) is 35.1 Å². The molecular weight excluding hydrogens is 512 g/mol. The second-order valence-corrected chi connectivity index (χ2v) is 9.75. The van der Waals surface area contributed by atoms with Crippen LogP contribution in [0.2, 0.25) is 0 Å². The van der Waals surface area contributed by atoms with E-state index in [0.717, 1.165) is 0 Å². The van der Waals surface area contributed by atoms with Crippen molar-refractivity contribution in [3.63, 3.8) is 0 Å². The molecule has 212 valence electrons. The molecule has 6 unspecified atom stereocenters. The molecule has 12 heteroatoms. The Balaban J connectivity index is 0.00000134. The van der Waals surface area contributed by atoms with Crippen molar-refractivity contribution >= 4 is 29.2 Å². The van der Waals surface area contributed by atoms with Crippen LogP contribution in [0.5, 0.6) is 5.75 Å². The second kappa shape index (κ2) is 11.2. The molecule has 39 heavy (non-hydrogen) atoms. The van der Waals surface area contributed by atoms with Gasteiger partial charge in [-0.1, -0.05) is 39.3 Å². The van der Waals surface area contributed by atoms with Gasteiger partial charge >= 0.3 is 5.97 Å². The van der Waals surface area contributed by atoms with Gasteiger partial charge in [0, 0.05) is 11.5 Å². The molecule has 3 aliphatic rings. The third kappa shape index (κ3) is 4.58. The van der Waals surface area contributed by atoms with Gasteiger partial charge in [-0.25, -0.2) is 0 Å². The Kier molecular flexibility index (Phi) is 8.53. The standard InChI is InChI=1S/C24H26N2O10.C3H8/c1-3-36-11(28)7-26-17-16-19(30)12-8(2)9-5-4-6-10(27)13(9)18(29)14(12)21(32)24(16,35)22(33)15(20(17)31)23(25)34;1-3-2/h4-6,8,12,16-17,19,26-27,29-30,33,35H,3,7H2,1-2H3,(H2,25,34);3H2,1-2H3. The van der Waals surface area contributed by atoms with E-state index >= 15 is 0 Å². The van der Waals surface area contributed by atoms with Crippen molar-refractivity contribution in [2.75, 3.05) is 13.2 Å². The third-order valence-corrected chi connectivity index (χ3v) is 7.24. The van der Waals surface area contributed by atoms with Crippen LogP contribution in [0.1, 0.15) is 51.2 Å². The second-order valence-electron chi connectivity index (χ2n) is 9.75. The SMILES string of the molecule is CCC.CCOC(=O)CNC1C(=O)C(C(N)=O)=C(O)C2(O)C(=O)C3=C(O)c4c(O)cccc4C(C)C3C(O)C12. The first-order valence-corrected chi connectivity index (χ1v) is 12.7.